The van der Waals surface area contributed by atoms with E-state index in [9.17, 15) is 5.26 Å². The number of rotatable bonds is 0. The highest BCUT2D eigenvalue weighted by atomic mass is 16.5. The van der Waals surface area contributed by atoms with Gasteiger partial charge in [-0.25, -0.2) is 0 Å². The van der Waals surface area contributed by atoms with Crippen molar-refractivity contribution in [2.24, 2.45) is 4.99 Å². The molecule has 0 aliphatic carbocycles. The number of anilines is 1. The van der Waals surface area contributed by atoms with Crippen molar-refractivity contribution < 1.29 is 4.74 Å². The molecule has 2 aliphatic heterocycles. The van der Waals surface area contributed by atoms with Crippen LogP contribution in [0.4, 0.5) is 11.4 Å². The quantitative estimate of drug-likeness (QED) is 0.576. The van der Waals surface area contributed by atoms with Crippen LogP contribution >= 0.6 is 0 Å². The van der Waals surface area contributed by atoms with Gasteiger partial charge in [-0.1, -0.05) is 42.5 Å². The molecule has 0 fully saturated rings. The van der Waals surface area contributed by atoms with Gasteiger partial charge < -0.3 is 9.64 Å². The number of likely N-dealkylation sites (N-methyl/N-ethyl adjacent to an activating group) is 1. The van der Waals surface area contributed by atoms with Crippen LogP contribution in [0.3, 0.4) is 0 Å². The van der Waals surface area contributed by atoms with Crippen LogP contribution in [0.2, 0.25) is 0 Å². The Kier molecular flexibility index (Phi) is 3.01. The molecule has 1 atom stereocenters. The van der Waals surface area contributed by atoms with Crippen molar-refractivity contribution in [1.82, 2.24) is 0 Å². The molecule has 0 N–H and O–H groups in total. The second-order valence-corrected chi connectivity index (χ2v) is 7.69. The summed E-state index contributed by atoms with van der Waals surface area (Å²) in [7, 11) is 2.04. The highest BCUT2D eigenvalue weighted by Crippen LogP contribution is 2.54. The predicted molar refractivity (Wildman–Crippen MR) is 108 cm³/mol. The SMILES string of the molecule is CN1c2ccccc2C(C)(C)[C@]12C=Nc1c(cc(C#N)c3ccccc13)O2. The minimum atomic E-state index is -0.737. The van der Waals surface area contributed by atoms with Gasteiger partial charge in [0, 0.05) is 29.6 Å². The summed E-state index contributed by atoms with van der Waals surface area (Å²) in [5, 5.41) is 11.5. The second kappa shape index (κ2) is 5.11. The molecule has 5 rings (SSSR count). The van der Waals surface area contributed by atoms with E-state index in [2.05, 4.69) is 43.0 Å². The van der Waals surface area contributed by atoms with Crippen LogP contribution in [0.5, 0.6) is 5.75 Å². The highest BCUT2D eigenvalue weighted by Gasteiger charge is 2.58. The number of nitriles is 1. The summed E-state index contributed by atoms with van der Waals surface area (Å²) >= 11 is 0. The van der Waals surface area contributed by atoms with Crippen LogP contribution in [0.25, 0.3) is 10.8 Å². The first-order chi connectivity index (χ1) is 13.0. The van der Waals surface area contributed by atoms with Crippen molar-refractivity contribution in [2.45, 2.75) is 25.0 Å². The van der Waals surface area contributed by atoms with Gasteiger partial charge in [0.2, 0.25) is 5.72 Å². The van der Waals surface area contributed by atoms with Crippen molar-refractivity contribution in [1.29, 1.82) is 5.26 Å². The summed E-state index contributed by atoms with van der Waals surface area (Å²) in [6.45, 7) is 4.36. The average Bonchev–Trinajstić information content (AvgIpc) is 2.86. The molecule has 0 saturated heterocycles. The van der Waals surface area contributed by atoms with Crippen molar-refractivity contribution in [2.75, 3.05) is 11.9 Å². The Morgan fingerprint density at radius 1 is 1.04 bits per heavy atom. The molecule has 4 heteroatoms. The maximum Gasteiger partial charge on any atom is 0.228 e. The summed E-state index contributed by atoms with van der Waals surface area (Å²) in [6, 6.07) is 20.3. The normalized spacial score (nSPS) is 21.6. The molecule has 132 valence electrons. The smallest absolute Gasteiger partial charge is 0.228 e. The van der Waals surface area contributed by atoms with Gasteiger partial charge >= 0.3 is 0 Å². The zero-order valence-electron chi connectivity index (χ0n) is 15.5. The summed E-state index contributed by atoms with van der Waals surface area (Å²) in [6.07, 6.45) is 1.92. The van der Waals surface area contributed by atoms with Gasteiger partial charge in [0.05, 0.1) is 23.3 Å². The molecule has 1 spiro atoms. The van der Waals surface area contributed by atoms with Gasteiger partial charge in [-0.05, 0) is 25.5 Å². The summed E-state index contributed by atoms with van der Waals surface area (Å²) < 4.78 is 6.67. The Bertz CT molecular complexity index is 1170. The molecule has 2 heterocycles. The summed E-state index contributed by atoms with van der Waals surface area (Å²) in [5.74, 6) is 0.653. The number of para-hydroxylation sites is 1. The lowest BCUT2D eigenvalue weighted by atomic mass is 9.77. The third kappa shape index (κ3) is 1.84. The van der Waals surface area contributed by atoms with Gasteiger partial charge in [0.15, 0.2) is 5.75 Å². The van der Waals surface area contributed by atoms with Crippen LogP contribution in [-0.4, -0.2) is 19.0 Å². The average molecular weight is 353 g/mol. The molecule has 3 aromatic carbocycles. The zero-order chi connectivity index (χ0) is 18.8. The lowest BCUT2D eigenvalue weighted by Gasteiger charge is -2.45. The third-order valence-corrected chi connectivity index (χ3v) is 6.07. The van der Waals surface area contributed by atoms with Crippen molar-refractivity contribution in [3.05, 3.63) is 65.7 Å². The van der Waals surface area contributed by atoms with E-state index in [1.807, 2.05) is 49.7 Å². The maximum atomic E-state index is 9.64. The van der Waals surface area contributed by atoms with Crippen molar-refractivity contribution >= 4 is 28.4 Å². The number of benzene rings is 3. The first-order valence-electron chi connectivity index (χ1n) is 9.03. The fourth-order valence-electron chi connectivity index (χ4n) is 4.51. The van der Waals surface area contributed by atoms with Crippen LogP contribution in [0, 0.1) is 11.3 Å². The standard InChI is InChI=1S/C23H19N3O/c1-22(2)18-10-6-7-11-19(18)26(3)23(22)14-25-21-17-9-5-4-8-16(17)15(13-24)12-20(21)27-23/h4-12,14H,1-3H3/t23-/m1/s1. The summed E-state index contributed by atoms with van der Waals surface area (Å²) in [5.41, 5.74) is 2.71. The largest absolute Gasteiger partial charge is 0.459 e. The number of nitrogens with zero attached hydrogens (tertiary/aromatic N) is 3. The number of aliphatic imine (C=N–C) groups is 1. The number of fused-ring (bicyclic) bond motifs is 4. The predicted octanol–water partition coefficient (Wildman–Crippen LogP) is 4.93. The minimum absolute atomic E-state index is 0.308. The van der Waals surface area contributed by atoms with Gasteiger partial charge in [0.25, 0.3) is 0 Å². The van der Waals surface area contributed by atoms with Gasteiger partial charge in [-0.15, -0.1) is 0 Å². The van der Waals surface area contributed by atoms with Crippen LogP contribution in [0.1, 0.15) is 25.0 Å². The molecule has 0 unspecified atom stereocenters. The van der Waals surface area contributed by atoms with Crippen LogP contribution < -0.4 is 9.64 Å². The first-order valence-corrected chi connectivity index (χ1v) is 9.03. The van der Waals surface area contributed by atoms with E-state index in [1.165, 1.54) is 5.56 Å². The molecular formula is C23H19N3O. The Labute approximate surface area is 158 Å². The third-order valence-electron chi connectivity index (χ3n) is 6.07. The van der Waals surface area contributed by atoms with E-state index in [-0.39, 0.29) is 5.41 Å². The highest BCUT2D eigenvalue weighted by molar-refractivity contribution is 6.02. The van der Waals surface area contributed by atoms with E-state index >= 15 is 0 Å². The molecule has 0 amide bonds. The number of hydrogen-bond donors (Lipinski definition) is 0. The summed E-state index contributed by atoms with van der Waals surface area (Å²) in [4.78, 5) is 7.01. The molecular weight excluding hydrogens is 334 g/mol. The molecule has 4 nitrogen and oxygen atoms in total. The van der Waals surface area contributed by atoms with Crippen LogP contribution in [0.15, 0.2) is 59.6 Å². The Morgan fingerprint density at radius 2 is 1.74 bits per heavy atom. The Hall–Kier alpha value is -3.32. The van der Waals surface area contributed by atoms with E-state index in [1.54, 1.807) is 0 Å². The molecule has 0 saturated carbocycles. The van der Waals surface area contributed by atoms with Crippen molar-refractivity contribution in [3.8, 4) is 11.8 Å². The van der Waals surface area contributed by atoms with Gasteiger partial charge in [-0.3, -0.25) is 4.99 Å². The topological polar surface area (TPSA) is 48.6 Å². The molecule has 27 heavy (non-hydrogen) atoms. The minimum Gasteiger partial charge on any atom is -0.459 e. The van der Waals surface area contributed by atoms with Crippen LogP contribution in [-0.2, 0) is 5.41 Å². The van der Waals surface area contributed by atoms with Crippen molar-refractivity contribution in [3.63, 3.8) is 0 Å². The Morgan fingerprint density at radius 3 is 2.48 bits per heavy atom. The molecule has 2 aliphatic rings. The first kappa shape index (κ1) is 15.9. The monoisotopic (exact) mass is 353 g/mol. The molecule has 0 bridgehead atoms. The Balaban J connectivity index is 1.75. The molecule has 0 aromatic heterocycles. The van der Waals surface area contributed by atoms with Gasteiger partial charge in [0.1, 0.15) is 5.69 Å². The van der Waals surface area contributed by atoms with E-state index in [0.717, 1.165) is 22.1 Å². The molecule has 0 radical (unpaired) electrons. The zero-order valence-corrected chi connectivity index (χ0v) is 15.5. The van der Waals surface area contributed by atoms with E-state index in [4.69, 9.17) is 9.73 Å². The fraction of sp³-hybridized carbons (Fsp3) is 0.217. The fourth-order valence-corrected chi connectivity index (χ4v) is 4.51. The van der Waals surface area contributed by atoms with E-state index < -0.39 is 5.72 Å². The number of hydrogen-bond acceptors (Lipinski definition) is 4. The number of ether oxygens (including phenoxy) is 1. The van der Waals surface area contributed by atoms with E-state index in [0.29, 0.717) is 11.3 Å². The lowest BCUT2D eigenvalue weighted by Crippen LogP contribution is -2.61. The molecule has 3 aromatic rings. The van der Waals surface area contributed by atoms with Gasteiger partial charge in [-0.2, -0.15) is 5.26 Å². The maximum absolute atomic E-state index is 9.64. The second-order valence-electron chi connectivity index (χ2n) is 7.69. The lowest BCUT2D eigenvalue weighted by molar-refractivity contribution is 0.0826.